The molecule has 0 amide bonds. The molecule has 9 aromatic rings. The number of rotatable bonds is 6. The summed E-state index contributed by atoms with van der Waals surface area (Å²) in [5.74, 6) is 0.855. The zero-order chi connectivity index (χ0) is 47.6. The second-order valence-electron chi connectivity index (χ2n) is 19.7. The number of hydrogen-bond donors (Lipinski definition) is 0. The van der Waals surface area contributed by atoms with Crippen LogP contribution in [-0.4, -0.2) is 15.0 Å². The molecule has 0 fully saturated rings. The molecule has 0 aliphatic carbocycles. The molecule has 1 radical (unpaired) electrons. The first-order valence-corrected chi connectivity index (χ1v) is 21.9. The van der Waals surface area contributed by atoms with E-state index in [1.165, 1.54) is 39.9 Å². The molecule has 7 heteroatoms. The predicted molar refractivity (Wildman–Crippen MR) is 259 cm³/mol. The Morgan fingerprint density at radius 1 is 0.641 bits per heavy atom. The third-order valence-electron chi connectivity index (χ3n) is 11.9. The molecular weight excluding hydrogens is 970 g/mol. The molecule has 0 aliphatic rings. The van der Waals surface area contributed by atoms with Gasteiger partial charge in [-0.15, -0.1) is 47.5 Å². The van der Waals surface area contributed by atoms with Crippen LogP contribution >= 0.6 is 0 Å². The standard InChI is InChI=1S/C42H43N2O2.C15H15FN.Ir/c1-22(2)27-17-31(23(3)4)38(32(18-27)24(5)6)26-12-14-29-35(19-26)45-34-16-15-30-37-25(7)11-13-28(40(37)46-41(30)39(29)34)33-20-36(42(8,9)10)44-21-43-33;1-15(2,3)12-8-9-17-14(10-12)11-4-6-13(16)7-5-11;/h11-12,14-24H,1-10H3;4,6-10H,1-3H3;/q2*-1;/i7D3;;. The molecule has 5 nitrogen and oxygen atoms in total. The molecule has 0 saturated heterocycles. The van der Waals surface area contributed by atoms with E-state index in [1.807, 2.05) is 30.3 Å². The van der Waals surface area contributed by atoms with Gasteiger partial charge in [0.15, 0.2) is 0 Å². The van der Waals surface area contributed by atoms with E-state index in [2.05, 4.69) is 141 Å². The van der Waals surface area contributed by atoms with E-state index in [0.29, 0.717) is 56.5 Å². The Hall–Kier alpha value is -5.49. The molecule has 4 aromatic heterocycles. The fourth-order valence-electron chi connectivity index (χ4n) is 8.29. The number of hydrogen-bond acceptors (Lipinski definition) is 5. The molecule has 0 aliphatic heterocycles. The largest absolute Gasteiger partial charge is 0.500 e. The molecule has 64 heavy (non-hydrogen) atoms. The molecule has 5 aromatic carbocycles. The van der Waals surface area contributed by atoms with Gasteiger partial charge in [0.05, 0.1) is 11.0 Å². The van der Waals surface area contributed by atoms with Gasteiger partial charge in [0, 0.05) is 58.1 Å². The van der Waals surface area contributed by atoms with Gasteiger partial charge in [-0.25, -0.2) is 4.98 Å². The van der Waals surface area contributed by atoms with Gasteiger partial charge in [0.1, 0.15) is 23.1 Å². The fourth-order valence-corrected chi connectivity index (χ4v) is 8.29. The van der Waals surface area contributed by atoms with Crippen LogP contribution in [0.1, 0.15) is 138 Å². The van der Waals surface area contributed by atoms with Crippen molar-refractivity contribution in [3.63, 3.8) is 0 Å². The van der Waals surface area contributed by atoms with Crippen LogP contribution in [-0.2, 0) is 30.9 Å². The van der Waals surface area contributed by atoms with Crippen molar-refractivity contribution in [2.24, 2.45) is 0 Å². The van der Waals surface area contributed by atoms with E-state index in [4.69, 9.17) is 12.9 Å². The summed E-state index contributed by atoms with van der Waals surface area (Å²) < 4.78 is 51.3. The van der Waals surface area contributed by atoms with E-state index >= 15 is 0 Å². The maximum atomic E-state index is 12.8. The average Bonchev–Trinajstić information content (AvgIpc) is 3.83. The van der Waals surface area contributed by atoms with Crippen LogP contribution < -0.4 is 0 Å². The molecule has 0 saturated carbocycles. The second-order valence-corrected chi connectivity index (χ2v) is 19.7. The van der Waals surface area contributed by atoms with Crippen molar-refractivity contribution >= 4 is 43.9 Å². The van der Waals surface area contributed by atoms with Gasteiger partial charge in [-0.05, 0) is 98.3 Å². The van der Waals surface area contributed by atoms with Crippen molar-refractivity contribution < 1.29 is 37.4 Å². The third kappa shape index (κ3) is 8.95. The van der Waals surface area contributed by atoms with Crippen molar-refractivity contribution in [2.45, 2.75) is 119 Å². The summed E-state index contributed by atoms with van der Waals surface area (Å²) in [7, 11) is 0. The van der Waals surface area contributed by atoms with Crippen LogP contribution in [0.2, 0.25) is 0 Å². The molecule has 0 spiro atoms. The zero-order valence-corrected chi connectivity index (χ0v) is 41.2. The van der Waals surface area contributed by atoms with Crippen LogP contribution in [0.15, 0.2) is 106 Å². The maximum absolute atomic E-state index is 12.8. The maximum Gasteiger partial charge on any atom is 0.139 e. The summed E-state index contributed by atoms with van der Waals surface area (Å²) in [6.07, 6.45) is 3.33. The Morgan fingerprint density at radius 2 is 1.36 bits per heavy atom. The van der Waals surface area contributed by atoms with Crippen LogP contribution in [0.4, 0.5) is 4.39 Å². The van der Waals surface area contributed by atoms with Crippen LogP contribution in [0.25, 0.3) is 77.5 Å². The third-order valence-corrected chi connectivity index (χ3v) is 11.9. The van der Waals surface area contributed by atoms with Crippen molar-refractivity contribution in [2.75, 3.05) is 0 Å². The van der Waals surface area contributed by atoms with E-state index < -0.39 is 6.85 Å². The smallest absolute Gasteiger partial charge is 0.139 e. The first-order chi connectivity index (χ1) is 31.0. The normalized spacial score (nSPS) is 13.1. The Labute approximate surface area is 395 Å². The minimum absolute atomic E-state index is 0. The minimum Gasteiger partial charge on any atom is -0.500 e. The Balaban J connectivity index is 0.000000312. The summed E-state index contributed by atoms with van der Waals surface area (Å²) in [5.41, 5.74) is 13.9. The average molecular weight is 1030 g/mol. The Kier molecular flexibility index (Phi) is 11.8. The van der Waals surface area contributed by atoms with Crippen molar-refractivity contribution in [1.29, 1.82) is 0 Å². The van der Waals surface area contributed by atoms with E-state index in [9.17, 15) is 4.39 Å². The van der Waals surface area contributed by atoms with E-state index in [1.54, 1.807) is 24.7 Å². The van der Waals surface area contributed by atoms with Gasteiger partial charge in [0.25, 0.3) is 0 Å². The van der Waals surface area contributed by atoms with Gasteiger partial charge in [0.2, 0.25) is 0 Å². The van der Waals surface area contributed by atoms with Gasteiger partial charge >= 0.3 is 0 Å². The topological polar surface area (TPSA) is 65.0 Å². The zero-order valence-electron chi connectivity index (χ0n) is 41.8. The fraction of sp³-hybridized carbons (Fsp3) is 0.316. The molecule has 4 heterocycles. The van der Waals surface area contributed by atoms with E-state index in [0.717, 1.165) is 38.9 Å². The number of nitrogens with zero attached hydrogens (tertiary/aromatic N) is 3. The molecule has 331 valence electrons. The Bertz CT molecular complexity index is 3230. The first-order valence-electron chi connectivity index (χ1n) is 23.4. The summed E-state index contributed by atoms with van der Waals surface area (Å²) in [6, 6.07) is 33.1. The first kappa shape index (κ1) is 42.5. The number of furan rings is 2. The number of fused-ring (bicyclic) bond motifs is 7. The molecule has 0 bridgehead atoms. The minimum atomic E-state index is -2.37. The summed E-state index contributed by atoms with van der Waals surface area (Å²) in [5, 5.41) is 2.99. The number of aryl methyl sites for hydroxylation is 1. The predicted octanol–water partition coefficient (Wildman–Crippen LogP) is 16.4. The quantitative estimate of drug-likeness (QED) is 0.155. The van der Waals surface area contributed by atoms with Crippen molar-refractivity contribution in [3.05, 3.63) is 149 Å². The van der Waals surface area contributed by atoms with Crippen LogP contribution in [0.3, 0.4) is 0 Å². The number of halogens is 1. The van der Waals surface area contributed by atoms with Gasteiger partial charge < -0.3 is 13.8 Å². The molecule has 0 atom stereocenters. The van der Waals surface area contributed by atoms with Crippen LogP contribution in [0, 0.1) is 24.8 Å². The second kappa shape index (κ2) is 17.8. The molecule has 0 N–H and O–H groups in total. The van der Waals surface area contributed by atoms with Crippen LogP contribution in [0.5, 0.6) is 0 Å². The van der Waals surface area contributed by atoms with Crippen molar-refractivity contribution in [1.82, 2.24) is 15.0 Å². The number of benzene rings is 5. The summed E-state index contributed by atoms with van der Waals surface area (Å²) in [4.78, 5) is 13.4. The monoisotopic (exact) mass is 1030 g/mol. The number of aromatic nitrogens is 3. The summed E-state index contributed by atoms with van der Waals surface area (Å²) >= 11 is 0. The SMILES string of the molecule is CC(C)(C)c1ccnc(-c2[c-]cc(F)cc2)c1.[2H]C([2H])([2H])c1c[c-]c(-c2cc(C(C)(C)C)ncn2)c2oc3c(ccc4oc5cc(-c6c(C(C)C)cc(C(C)C)cc6C(C)C)ccc5c43)c12.[Ir]. The van der Waals surface area contributed by atoms with Crippen molar-refractivity contribution in [3.8, 4) is 33.6 Å². The van der Waals surface area contributed by atoms with Gasteiger partial charge in [-0.1, -0.05) is 131 Å². The van der Waals surface area contributed by atoms with Gasteiger partial charge in [-0.2, -0.15) is 0 Å². The number of pyridine rings is 1. The molecule has 0 unspecified atom stereocenters. The Morgan fingerprint density at radius 3 is 1.98 bits per heavy atom. The molecule has 9 rings (SSSR count). The summed E-state index contributed by atoms with van der Waals surface area (Å²) in [6.45, 7) is 23.9. The van der Waals surface area contributed by atoms with Gasteiger partial charge in [-0.3, -0.25) is 9.37 Å². The van der Waals surface area contributed by atoms with E-state index in [-0.39, 0.29) is 42.3 Å². The molecular formula is C57H58FIrN3O2-2.